The number of aryl methyl sites for hydroxylation is 3. The largest absolute Gasteiger partial charge is 2.00 e. The van der Waals surface area contributed by atoms with Crippen molar-refractivity contribution in [1.29, 1.82) is 0 Å². The molecule has 1 amide bonds. The Balaban J connectivity index is 0.000000347. The van der Waals surface area contributed by atoms with Crippen molar-refractivity contribution in [2.75, 3.05) is 6.54 Å². The van der Waals surface area contributed by atoms with Gasteiger partial charge in [-0.2, -0.15) is 12.1 Å². The zero-order valence-electron chi connectivity index (χ0n) is 29.2. The molecule has 0 radical (unpaired) electrons. The van der Waals surface area contributed by atoms with Crippen molar-refractivity contribution >= 4 is 45.6 Å². The molecule has 0 spiro atoms. The molecule has 1 fully saturated rings. The van der Waals surface area contributed by atoms with Crippen molar-refractivity contribution < 1.29 is 55.6 Å². The first-order chi connectivity index (χ1) is 23.9. The Morgan fingerprint density at radius 2 is 1.16 bits per heavy atom. The minimum Gasteiger partial charge on any atom is -0.676 e. The monoisotopic (exact) mass is 882 g/mol. The number of hydrogen-bond acceptors (Lipinski definition) is 6. The van der Waals surface area contributed by atoms with E-state index >= 15 is 0 Å². The fraction of sp³-hybridized carbons (Fsp3) is 0.421. The number of carboxylic acids is 3. The van der Waals surface area contributed by atoms with Gasteiger partial charge in [0.1, 0.15) is 0 Å². The summed E-state index contributed by atoms with van der Waals surface area (Å²) in [5, 5.41) is 29.7. The standard InChI is InChI=1S/C14H12N2.C10H12O2.C8H13NO5.C6H12N2.Pt/c1-9-10(2)12-6-4-8-16-14(12)13-11(9)5-3-7-15-13;11-10(12)8-4-7-9-5-2-1-3-6-9;10-6(3-4-8(13)14)9-5-1-2-7(11)12;7-5-3-1-2-4-6(5)8;/h3-8H,1-2H3;1-3,5-6H,4,7-8H2,(H,11,12);1-5H2,(H,9,10)(H,11,12)(H,13,14);5-8H,1-4H2;/q;;;-2;+2/t;;;5-,6-;/m...0./s1. The van der Waals surface area contributed by atoms with Gasteiger partial charge in [0.25, 0.3) is 0 Å². The summed E-state index contributed by atoms with van der Waals surface area (Å²) < 4.78 is 0. The zero-order chi connectivity index (χ0) is 36.9. The number of carbonyl (C=O) groups is 4. The first-order valence-corrected chi connectivity index (χ1v) is 16.9. The molecule has 12 nitrogen and oxygen atoms in total. The van der Waals surface area contributed by atoms with Gasteiger partial charge in [0.05, 0.1) is 17.5 Å². The van der Waals surface area contributed by atoms with Gasteiger partial charge in [-0.3, -0.25) is 29.1 Å². The number of nitrogens with zero attached hydrogens (tertiary/aromatic N) is 2. The second-order valence-electron chi connectivity index (χ2n) is 12.0. The summed E-state index contributed by atoms with van der Waals surface area (Å²) in [5.41, 5.74) is 20.4. The van der Waals surface area contributed by atoms with Gasteiger partial charge in [0.2, 0.25) is 5.91 Å². The predicted molar refractivity (Wildman–Crippen MR) is 195 cm³/mol. The van der Waals surface area contributed by atoms with Crippen molar-refractivity contribution in [2.45, 2.75) is 96.6 Å². The van der Waals surface area contributed by atoms with Gasteiger partial charge in [0.15, 0.2) is 0 Å². The summed E-state index contributed by atoms with van der Waals surface area (Å²) in [6.07, 6.45) is 9.81. The van der Waals surface area contributed by atoms with Crippen molar-refractivity contribution in [3.63, 3.8) is 0 Å². The summed E-state index contributed by atoms with van der Waals surface area (Å²) in [6, 6.07) is 17.9. The van der Waals surface area contributed by atoms with Crippen LogP contribution in [-0.4, -0.2) is 67.7 Å². The average Bonchev–Trinajstić information content (AvgIpc) is 3.10. The predicted octanol–water partition coefficient (Wildman–Crippen LogP) is 7.73. The van der Waals surface area contributed by atoms with Crippen molar-refractivity contribution in [3.05, 3.63) is 95.1 Å². The first kappa shape index (κ1) is 44.8. The Bertz CT molecular complexity index is 1600. The van der Waals surface area contributed by atoms with Crippen LogP contribution in [0.1, 0.15) is 80.9 Å². The normalized spacial score (nSPS) is 14.6. The maximum atomic E-state index is 10.9. The van der Waals surface area contributed by atoms with Crippen LogP contribution in [0, 0.1) is 13.8 Å². The van der Waals surface area contributed by atoms with Crippen molar-refractivity contribution in [3.8, 4) is 0 Å². The zero-order valence-corrected chi connectivity index (χ0v) is 31.4. The molecule has 2 aromatic carbocycles. The third-order valence-corrected chi connectivity index (χ3v) is 8.13. The molecule has 2 heterocycles. The van der Waals surface area contributed by atoms with Crippen LogP contribution in [0.5, 0.6) is 0 Å². The third kappa shape index (κ3) is 17.5. The van der Waals surface area contributed by atoms with Crippen LogP contribution in [0.3, 0.4) is 0 Å². The van der Waals surface area contributed by atoms with E-state index in [4.69, 9.17) is 26.8 Å². The van der Waals surface area contributed by atoms with E-state index in [0.717, 1.165) is 36.7 Å². The van der Waals surface area contributed by atoms with E-state index in [-0.39, 0.29) is 71.3 Å². The molecule has 1 aliphatic rings. The van der Waals surface area contributed by atoms with E-state index < -0.39 is 17.9 Å². The molecule has 51 heavy (non-hydrogen) atoms. The molecule has 6 N–H and O–H groups in total. The van der Waals surface area contributed by atoms with Crippen LogP contribution in [-0.2, 0) is 46.7 Å². The van der Waals surface area contributed by atoms with E-state index in [0.29, 0.717) is 6.42 Å². The second-order valence-corrected chi connectivity index (χ2v) is 12.0. The van der Waals surface area contributed by atoms with Crippen LogP contribution in [0.4, 0.5) is 0 Å². The van der Waals surface area contributed by atoms with Crippen molar-refractivity contribution in [2.24, 2.45) is 0 Å². The van der Waals surface area contributed by atoms with Gasteiger partial charge in [-0.1, -0.05) is 68.1 Å². The number of carboxylic acid groups (broad SMARTS) is 3. The number of nitrogens with one attached hydrogen (secondary N) is 3. The van der Waals surface area contributed by atoms with Crippen LogP contribution < -0.4 is 5.32 Å². The van der Waals surface area contributed by atoms with E-state index in [1.165, 1.54) is 40.3 Å². The van der Waals surface area contributed by atoms with Gasteiger partial charge >= 0.3 is 39.0 Å². The quantitative estimate of drug-likeness (QED) is 0.0856. The van der Waals surface area contributed by atoms with E-state index in [1.54, 1.807) is 0 Å². The molecule has 278 valence electrons. The molecule has 13 heteroatoms. The topological polar surface area (TPSA) is 214 Å². The smallest absolute Gasteiger partial charge is 0.676 e. The molecule has 4 aromatic rings. The number of pyridine rings is 2. The van der Waals surface area contributed by atoms with Crippen molar-refractivity contribution in [1.82, 2.24) is 15.3 Å². The number of hydrogen-bond donors (Lipinski definition) is 4. The fourth-order valence-corrected chi connectivity index (χ4v) is 5.19. The number of aromatic nitrogens is 2. The minimum absolute atomic E-state index is 0. The van der Waals surface area contributed by atoms with Crippen LogP contribution >= 0.6 is 0 Å². The number of fused-ring (bicyclic) bond motifs is 3. The minimum atomic E-state index is -1.02. The molecule has 2 aromatic heterocycles. The van der Waals surface area contributed by atoms with Crippen LogP contribution in [0.15, 0.2) is 67.0 Å². The van der Waals surface area contributed by atoms with E-state index in [2.05, 4.69) is 41.3 Å². The summed E-state index contributed by atoms with van der Waals surface area (Å²) >= 11 is 0. The Kier molecular flexibility index (Phi) is 21.8. The number of rotatable bonds is 11. The summed E-state index contributed by atoms with van der Waals surface area (Å²) in [4.78, 5) is 50.1. The molecule has 0 aliphatic heterocycles. The van der Waals surface area contributed by atoms with Gasteiger partial charge < -0.3 is 32.1 Å². The average molecular weight is 883 g/mol. The molecule has 2 atom stereocenters. The van der Waals surface area contributed by atoms with Gasteiger partial charge in [-0.25, -0.2) is 0 Å². The van der Waals surface area contributed by atoms with Gasteiger partial charge in [0, 0.05) is 49.0 Å². The maximum Gasteiger partial charge on any atom is 2.00 e. The van der Waals surface area contributed by atoms with E-state index in [9.17, 15) is 19.2 Å². The molecular formula is C38H49N5O7Pt. The molecule has 1 saturated carbocycles. The molecular weight excluding hydrogens is 834 g/mol. The second kappa shape index (κ2) is 24.8. The van der Waals surface area contributed by atoms with Crippen LogP contribution in [0.25, 0.3) is 33.3 Å². The molecule has 5 rings (SSSR count). The molecule has 0 bridgehead atoms. The summed E-state index contributed by atoms with van der Waals surface area (Å²) in [6.45, 7) is 4.56. The third-order valence-electron chi connectivity index (χ3n) is 8.13. The maximum absolute atomic E-state index is 10.9. The molecule has 0 unspecified atom stereocenters. The fourth-order valence-electron chi connectivity index (χ4n) is 5.19. The first-order valence-electron chi connectivity index (χ1n) is 16.9. The summed E-state index contributed by atoms with van der Waals surface area (Å²) in [5.74, 6) is -3.01. The molecule has 0 saturated heterocycles. The molecule has 1 aliphatic carbocycles. The van der Waals surface area contributed by atoms with E-state index in [1.807, 2.05) is 54.9 Å². The number of amides is 1. The Morgan fingerprint density at radius 1 is 0.686 bits per heavy atom. The Labute approximate surface area is 313 Å². The Hall–Kier alpha value is -4.25. The number of aliphatic carboxylic acids is 3. The van der Waals surface area contributed by atoms with Gasteiger partial charge in [-0.05, 0) is 61.9 Å². The SMILES string of the molecule is Cc1c(C)c2cccnc2c2ncccc12.O=C(O)CCCNC(=O)CCC(=O)O.O=C(O)CCCc1ccccc1.[NH-][C@H]1CCCC[C@@H]1[NH-].[Pt+2]. The number of carbonyl (C=O) groups excluding carboxylic acids is 1. The number of benzene rings is 2. The van der Waals surface area contributed by atoms with Gasteiger partial charge in [-0.15, -0.1) is 0 Å². The Morgan fingerprint density at radius 3 is 1.61 bits per heavy atom. The summed E-state index contributed by atoms with van der Waals surface area (Å²) in [7, 11) is 0. The van der Waals surface area contributed by atoms with Crippen LogP contribution in [0.2, 0.25) is 0 Å².